The number of hydrogen-bond acceptors (Lipinski definition) is 5. The summed E-state index contributed by atoms with van der Waals surface area (Å²) in [4.78, 5) is 7.72. The second kappa shape index (κ2) is 2.42. The van der Waals surface area contributed by atoms with Crippen molar-refractivity contribution in [3.05, 3.63) is 18.1 Å². The van der Waals surface area contributed by atoms with Crippen molar-refractivity contribution in [1.29, 1.82) is 0 Å². The predicted octanol–water partition coefficient (Wildman–Crippen LogP) is -0.711. The first-order chi connectivity index (χ1) is 5.83. The first-order valence-corrected chi connectivity index (χ1v) is 3.39. The average molecular weight is 165 g/mol. The van der Waals surface area contributed by atoms with Crippen LogP contribution in [0, 0.1) is 0 Å². The van der Waals surface area contributed by atoms with Crippen molar-refractivity contribution in [2.45, 2.75) is 6.54 Å². The van der Waals surface area contributed by atoms with Crippen LogP contribution in [-0.4, -0.2) is 24.7 Å². The van der Waals surface area contributed by atoms with E-state index in [9.17, 15) is 5.11 Å². The molecule has 0 saturated heterocycles. The molecule has 0 aromatic carbocycles. The maximum atomic E-state index is 9.48. The van der Waals surface area contributed by atoms with Gasteiger partial charge in [0.05, 0.1) is 0 Å². The van der Waals surface area contributed by atoms with Gasteiger partial charge in [-0.2, -0.15) is 14.6 Å². The Kier molecular flexibility index (Phi) is 1.41. The molecule has 0 fully saturated rings. The number of hydrogen-bond donors (Lipinski definition) is 2. The van der Waals surface area contributed by atoms with E-state index in [0.717, 1.165) is 0 Å². The first kappa shape index (κ1) is 6.99. The van der Waals surface area contributed by atoms with E-state index in [4.69, 9.17) is 5.73 Å². The maximum absolute atomic E-state index is 9.48. The highest BCUT2D eigenvalue weighted by Crippen LogP contribution is 2.13. The molecule has 0 amide bonds. The molecule has 2 aromatic heterocycles. The fourth-order valence-electron chi connectivity index (χ4n) is 0.946. The van der Waals surface area contributed by atoms with Crippen molar-refractivity contribution < 1.29 is 5.11 Å². The zero-order chi connectivity index (χ0) is 8.55. The van der Waals surface area contributed by atoms with E-state index < -0.39 is 0 Å². The summed E-state index contributed by atoms with van der Waals surface area (Å²) in [6, 6.07) is 0. The fourth-order valence-corrected chi connectivity index (χ4v) is 0.946. The molecule has 0 atom stereocenters. The van der Waals surface area contributed by atoms with Crippen molar-refractivity contribution in [2.75, 3.05) is 0 Å². The molecule has 6 nitrogen and oxygen atoms in total. The highest BCUT2D eigenvalue weighted by molar-refractivity contribution is 5.34. The van der Waals surface area contributed by atoms with Gasteiger partial charge in [-0.05, 0) is 0 Å². The van der Waals surface area contributed by atoms with Crippen molar-refractivity contribution >= 4 is 5.78 Å². The smallest absolute Gasteiger partial charge is 0.255 e. The molecule has 2 rings (SSSR count). The van der Waals surface area contributed by atoms with Crippen LogP contribution in [0.15, 0.2) is 12.5 Å². The van der Waals surface area contributed by atoms with Gasteiger partial charge in [0.25, 0.3) is 5.78 Å². The number of nitrogens with two attached hydrogens (primary N) is 1. The Morgan fingerprint density at radius 3 is 3.08 bits per heavy atom. The Balaban J connectivity index is 2.78. The third-order valence-electron chi connectivity index (χ3n) is 1.57. The van der Waals surface area contributed by atoms with Crippen LogP contribution in [0.5, 0.6) is 5.88 Å². The number of aromatic nitrogens is 4. The maximum Gasteiger partial charge on any atom is 0.255 e. The Bertz CT molecular complexity index is 409. The van der Waals surface area contributed by atoms with Gasteiger partial charge in [0.2, 0.25) is 5.88 Å². The summed E-state index contributed by atoms with van der Waals surface area (Å²) in [6.07, 6.45) is 2.81. The molecule has 0 aliphatic heterocycles. The molecule has 3 N–H and O–H groups in total. The van der Waals surface area contributed by atoms with Crippen LogP contribution in [-0.2, 0) is 6.54 Å². The fraction of sp³-hybridized carbons (Fsp3) is 0.167. The molecule has 62 valence electrons. The molecule has 2 heterocycles. The van der Waals surface area contributed by atoms with E-state index in [1.807, 2.05) is 0 Å². The lowest BCUT2D eigenvalue weighted by molar-refractivity contribution is 0.428. The van der Waals surface area contributed by atoms with Gasteiger partial charge in [-0.1, -0.05) is 0 Å². The van der Waals surface area contributed by atoms with Crippen molar-refractivity contribution in [1.82, 2.24) is 19.6 Å². The van der Waals surface area contributed by atoms with Gasteiger partial charge in [0.1, 0.15) is 6.33 Å². The summed E-state index contributed by atoms with van der Waals surface area (Å²) in [6.45, 7) is 0.231. The Labute approximate surface area is 67.7 Å². The molecular weight excluding hydrogens is 158 g/mol. The molecule has 0 radical (unpaired) electrons. The third-order valence-corrected chi connectivity index (χ3v) is 1.57. The SMILES string of the molecule is NCc1cnc2ncnn2c1O. The lowest BCUT2D eigenvalue weighted by Gasteiger charge is -2.00. The van der Waals surface area contributed by atoms with E-state index in [2.05, 4.69) is 15.1 Å². The molecule has 0 aliphatic carbocycles. The first-order valence-electron chi connectivity index (χ1n) is 3.39. The lowest BCUT2D eigenvalue weighted by Crippen LogP contribution is -2.02. The quantitative estimate of drug-likeness (QED) is 0.582. The predicted molar refractivity (Wildman–Crippen MR) is 40.3 cm³/mol. The number of rotatable bonds is 1. The monoisotopic (exact) mass is 165 g/mol. The molecule has 6 heteroatoms. The largest absolute Gasteiger partial charge is 0.493 e. The minimum atomic E-state index is 0.000000000000000222. The molecule has 0 aliphatic rings. The minimum Gasteiger partial charge on any atom is -0.493 e. The molecule has 12 heavy (non-hydrogen) atoms. The highest BCUT2D eigenvalue weighted by Gasteiger charge is 2.06. The van der Waals surface area contributed by atoms with Gasteiger partial charge in [0.15, 0.2) is 0 Å². The summed E-state index contributed by atoms with van der Waals surface area (Å²) in [5.74, 6) is 0.365. The molecule has 0 bridgehead atoms. The third kappa shape index (κ3) is 0.817. The van der Waals surface area contributed by atoms with E-state index in [1.54, 1.807) is 0 Å². The summed E-state index contributed by atoms with van der Waals surface area (Å²) in [7, 11) is 0. The van der Waals surface area contributed by atoms with E-state index in [0.29, 0.717) is 11.3 Å². The topological polar surface area (TPSA) is 89.3 Å². The van der Waals surface area contributed by atoms with Gasteiger partial charge in [-0.25, -0.2) is 4.98 Å². The average Bonchev–Trinajstić information content (AvgIpc) is 2.53. The zero-order valence-electron chi connectivity index (χ0n) is 6.18. The molecule has 0 spiro atoms. The Morgan fingerprint density at radius 2 is 2.33 bits per heavy atom. The van der Waals surface area contributed by atoms with Gasteiger partial charge >= 0.3 is 0 Å². The van der Waals surface area contributed by atoms with Gasteiger partial charge in [-0.15, -0.1) is 0 Å². The second-order valence-corrected chi connectivity index (χ2v) is 2.28. The minimum absolute atomic E-state index is 0.000000000000000222. The van der Waals surface area contributed by atoms with Crippen LogP contribution in [0.3, 0.4) is 0 Å². The summed E-state index contributed by atoms with van der Waals surface area (Å²) < 4.78 is 1.24. The van der Waals surface area contributed by atoms with Crippen molar-refractivity contribution in [3.63, 3.8) is 0 Å². The van der Waals surface area contributed by atoms with E-state index in [1.165, 1.54) is 17.0 Å². The molecule has 2 aromatic rings. The number of fused-ring (bicyclic) bond motifs is 1. The molecule has 0 unspecified atom stereocenters. The van der Waals surface area contributed by atoms with Crippen LogP contribution in [0.4, 0.5) is 0 Å². The molecule has 0 saturated carbocycles. The van der Waals surface area contributed by atoms with E-state index in [-0.39, 0.29) is 12.4 Å². The van der Waals surface area contributed by atoms with Crippen molar-refractivity contribution in [2.24, 2.45) is 5.73 Å². The van der Waals surface area contributed by atoms with Crippen LogP contribution in [0.2, 0.25) is 0 Å². The highest BCUT2D eigenvalue weighted by atomic mass is 16.3. The summed E-state index contributed by atoms with van der Waals surface area (Å²) in [5.41, 5.74) is 5.90. The lowest BCUT2D eigenvalue weighted by atomic mass is 10.3. The Morgan fingerprint density at radius 1 is 1.50 bits per heavy atom. The van der Waals surface area contributed by atoms with E-state index >= 15 is 0 Å². The normalized spacial score (nSPS) is 10.8. The van der Waals surface area contributed by atoms with Gasteiger partial charge in [0, 0.05) is 18.3 Å². The van der Waals surface area contributed by atoms with Crippen molar-refractivity contribution in [3.8, 4) is 5.88 Å². The second-order valence-electron chi connectivity index (χ2n) is 2.28. The molecular formula is C6H7N5O. The zero-order valence-corrected chi connectivity index (χ0v) is 6.18. The van der Waals surface area contributed by atoms with Crippen LogP contribution in [0.25, 0.3) is 5.78 Å². The van der Waals surface area contributed by atoms with Gasteiger partial charge < -0.3 is 10.8 Å². The summed E-state index contributed by atoms with van der Waals surface area (Å²) >= 11 is 0. The number of nitrogens with zero attached hydrogens (tertiary/aromatic N) is 4. The summed E-state index contributed by atoms with van der Waals surface area (Å²) in [5, 5.41) is 13.2. The van der Waals surface area contributed by atoms with Crippen LogP contribution >= 0.6 is 0 Å². The van der Waals surface area contributed by atoms with Crippen LogP contribution in [0.1, 0.15) is 5.56 Å². The van der Waals surface area contributed by atoms with Crippen LogP contribution < -0.4 is 5.73 Å². The Hall–Kier alpha value is -1.69. The standard InChI is InChI=1S/C6H7N5O/c7-1-4-2-8-6-9-3-10-11(6)5(4)12/h2-3,12H,1,7H2. The number of aromatic hydroxyl groups is 1. The van der Waals surface area contributed by atoms with Gasteiger partial charge in [-0.3, -0.25) is 0 Å².